The number of carbonyl (C=O) groups is 1. The van der Waals surface area contributed by atoms with E-state index in [0.717, 1.165) is 0 Å². The van der Waals surface area contributed by atoms with Crippen molar-refractivity contribution in [1.82, 2.24) is 9.88 Å². The predicted molar refractivity (Wildman–Crippen MR) is 71.6 cm³/mol. The molecule has 1 fully saturated rings. The fourth-order valence-electron chi connectivity index (χ4n) is 2.16. The van der Waals surface area contributed by atoms with E-state index in [9.17, 15) is 14.9 Å². The van der Waals surface area contributed by atoms with Crippen LogP contribution in [0.3, 0.4) is 0 Å². The maximum absolute atomic E-state index is 11.7. The molecule has 2 rings (SSSR count). The second-order valence-electron chi connectivity index (χ2n) is 4.40. The minimum Gasteiger partial charge on any atom is -0.375 e. The molecule has 0 radical (unpaired) electrons. The lowest BCUT2D eigenvalue weighted by atomic mass is 10.3. The number of carbonyl (C=O) groups excluding carboxylic acids is 1. The Morgan fingerprint density at radius 2 is 2.15 bits per heavy atom. The molecule has 2 heterocycles. The van der Waals surface area contributed by atoms with Crippen molar-refractivity contribution in [2.75, 3.05) is 44.8 Å². The van der Waals surface area contributed by atoms with Crippen molar-refractivity contribution in [2.45, 2.75) is 0 Å². The first-order valence-corrected chi connectivity index (χ1v) is 6.24. The average molecular weight is 280 g/mol. The van der Waals surface area contributed by atoms with Crippen molar-refractivity contribution in [3.05, 3.63) is 28.4 Å². The number of ether oxygens (including phenoxy) is 1. The summed E-state index contributed by atoms with van der Waals surface area (Å²) < 4.78 is 4.81. The number of nitro groups is 1. The second-order valence-corrected chi connectivity index (χ2v) is 4.40. The molecule has 1 aliphatic rings. The summed E-state index contributed by atoms with van der Waals surface area (Å²) in [5.41, 5.74) is -0.0100. The van der Waals surface area contributed by atoms with Crippen molar-refractivity contribution in [1.29, 1.82) is 0 Å². The van der Waals surface area contributed by atoms with Gasteiger partial charge in [-0.25, -0.2) is 4.98 Å². The van der Waals surface area contributed by atoms with Crippen molar-refractivity contribution in [3.8, 4) is 0 Å². The quantitative estimate of drug-likeness (QED) is 0.581. The molecular formula is C12H16N4O4. The zero-order valence-corrected chi connectivity index (χ0v) is 11.2. The van der Waals surface area contributed by atoms with Gasteiger partial charge in [-0.1, -0.05) is 0 Å². The van der Waals surface area contributed by atoms with Gasteiger partial charge in [-0.05, 0) is 6.07 Å². The number of nitrogens with zero attached hydrogens (tertiary/aromatic N) is 4. The van der Waals surface area contributed by atoms with Gasteiger partial charge in [-0.15, -0.1) is 0 Å². The molecule has 1 aromatic rings. The summed E-state index contributed by atoms with van der Waals surface area (Å²) in [4.78, 5) is 29.8. The van der Waals surface area contributed by atoms with Gasteiger partial charge in [-0.2, -0.15) is 0 Å². The molecule has 0 atom stereocenters. The molecule has 0 aromatic carbocycles. The van der Waals surface area contributed by atoms with E-state index >= 15 is 0 Å². The molecule has 1 saturated heterocycles. The SMILES string of the molecule is COCC(=O)N1CCN(c2ncccc2[N+](=O)[O-])CC1. The summed E-state index contributed by atoms with van der Waals surface area (Å²) in [5, 5.41) is 11.0. The molecule has 1 aliphatic heterocycles. The highest BCUT2D eigenvalue weighted by Crippen LogP contribution is 2.25. The van der Waals surface area contributed by atoms with Crippen LogP contribution < -0.4 is 4.90 Å². The lowest BCUT2D eigenvalue weighted by molar-refractivity contribution is -0.384. The molecule has 8 nitrogen and oxygen atoms in total. The monoisotopic (exact) mass is 280 g/mol. The Bertz CT molecular complexity index is 500. The number of hydrogen-bond acceptors (Lipinski definition) is 6. The highest BCUT2D eigenvalue weighted by Gasteiger charge is 2.26. The van der Waals surface area contributed by atoms with Crippen LogP contribution in [0.25, 0.3) is 0 Å². The first kappa shape index (κ1) is 14.2. The van der Waals surface area contributed by atoms with Crippen molar-refractivity contribution in [3.63, 3.8) is 0 Å². The molecule has 0 saturated carbocycles. The van der Waals surface area contributed by atoms with Crippen LogP contribution in [0.4, 0.5) is 11.5 Å². The van der Waals surface area contributed by atoms with Gasteiger partial charge in [0.15, 0.2) is 0 Å². The molecule has 8 heteroatoms. The summed E-state index contributed by atoms with van der Waals surface area (Å²) >= 11 is 0. The zero-order chi connectivity index (χ0) is 14.5. The lowest BCUT2D eigenvalue weighted by Crippen LogP contribution is -2.50. The van der Waals surface area contributed by atoms with Gasteiger partial charge in [0.25, 0.3) is 0 Å². The molecule has 20 heavy (non-hydrogen) atoms. The Morgan fingerprint density at radius 3 is 2.75 bits per heavy atom. The molecule has 0 bridgehead atoms. The van der Waals surface area contributed by atoms with E-state index in [2.05, 4.69) is 4.98 Å². The Balaban J connectivity index is 2.04. The Hall–Kier alpha value is -2.22. The number of amides is 1. The summed E-state index contributed by atoms with van der Waals surface area (Å²) in [6, 6.07) is 2.98. The van der Waals surface area contributed by atoms with E-state index in [1.165, 1.54) is 19.4 Å². The maximum Gasteiger partial charge on any atom is 0.311 e. The van der Waals surface area contributed by atoms with Crippen LogP contribution in [0, 0.1) is 10.1 Å². The molecule has 1 aromatic heterocycles. The molecule has 1 amide bonds. The standard InChI is InChI=1S/C12H16N4O4/c1-20-9-11(17)14-5-7-15(8-6-14)12-10(16(18)19)3-2-4-13-12/h2-4H,5-9H2,1H3. The molecule has 0 spiro atoms. The van der Waals surface area contributed by atoms with E-state index in [-0.39, 0.29) is 18.2 Å². The average Bonchev–Trinajstić information content (AvgIpc) is 2.47. The Morgan fingerprint density at radius 1 is 1.45 bits per heavy atom. The number of methoxy groups -OCH3 is 1. The highest BCUT2D eigenvalue weighted by molar-refractivity contribution is 5.77. The van der Waals surface area contributed by atoms with Crippen LogP contribution in [0.2, 0.25) is 0 Å². The van der Waals surface area contributed by atoms with Gasteiger partial charge in [0.05, 0.1) is 4.92 Å². The largest absolute Gasteiger partial charge is 0.375 e. The van der Waals surface area contributed by atoms with Crippen LogP contribution in [0.15, 0.2) is 18.3 Å². The number of pyridine rings is 1. The van der Waals surface area contributed by atoms with E-state index in [1.54, 1.807) is 11.0 Å². The Kier molecular flexibility index (Phi) is 4.46. The minimum absolute atomic E-state index is 0.0100. The number of aromatic nitrogens is 1. The summed E-state index contributed by atoms with van der Waals surface area (Å²) in [6.07, 6.45) is 1.53. The van der Waals surface area contributed by atoms with Crippen molar-refractivity contribution >= 4 is 17.4 Å². The molecule has 0 N–H and O–H groups in total. The third kappa shape index (κ3) is 3.02. The van der Waals surface area contributed by atoms with Gasteiger partial charge < -0.3 is 14.5 Å². The predicted octanol–water partition coefficient (Wildman–Crippen LogP) is 0.285. The highest BCUT2D eigenvalue weighted by atomic mass is 16.6. The molecule has 108 valence electrons. The lowest BCUT2D eigenvalue weighted by Gasteiger charge is -2.34. The van der Waals surface area contributed by atoms with Crippen LogP contribution in [-0.2, 0) is 9.53 Å². The van der Waals surface area contributed by atoms with Gasteiger partial charge in [0, 0.05) is 45.6 Å². The van der Waals surface area contributed by atoms with Crippen LogP contribution in [0.1, 0.15) is 0 Å². The topological polar surface area (TPSA) is 88.8 Å². The second kappa shape index (κ2) is 6.29. The molecule has 0 aliphatic carbocycles. The van der Waals surface area contributed by atoms with Crippen molar-refractivity contribution in [2.24, 2.45) is 0 Å². The van der Waals surface area contributed by atoms with Gasteiger partial charge in [0.2, 0.25) is 11.7 Å². The first-order valence-electron chi connectivity index (χ1n) is 6.24. The number of piperazine rings is 1. The third-order valence-corrected chi connectivity index (χ3v) is 3.16. The summed E-state index contributed by atoms with van der Waals surface area (Å²) in [6.45, 7) is 2.12. The fourth-order valence-corrected chi connectivity index (χ4v) is 2.16. The van der Waals surface area contributed by atoms with Gasteiger partial charge >= 0.3 is 5.69 Å². The van der Waals surface area contributed by atoms with E-state index in [1.807, 2.05) is 4.90 Å². The number of rotatable bonds is 4. The van der Waals surface area contributed by atoms with Crippen molar-refractivity contribution < 1.29 is 14.5 Å². The Labute approximate surface area is 116 Å². The third-order valence-electron chi connectivity index (χ3n) is 3.16. The minimum atomic E-state index is -0.440. The zero-order valence-electron chi connectivity index (χ0n) is 11.2. The smallest absolute Gasteiger partial charge is 0.311 e. The van der Waals surface area contributed by atoms with Gasteiger partial charge in [0.1, 0.15) is 6.61 Å². The van der Waals surface area contributed by atoms with E-state index < -0.39 is 4.92 Å². The molecular weight excluding hydrogens is 264 g/mol. The maximum atomic E-state index is 11.7. The van der Waals surface area contributed by atoms with Crippen LogP contribution >= 0.6 is 0 Å². The van der Waals surface area contributed by atoms with Gasteiger partial charge in [-0.3, -0.25) is 14.9 Å². The molecule has 0 unspecified atom stereocenters. The van der Waals surface area contributed by atoms with Crippen LogP contribution in [0.5, 0.6) is 0 Å². The van der Waals surface area contributed by atoms with E-state index in [4.69, 9.17) is 4.74 Å². The summed E-state index contributed by atoms with van der Waals surface area (Å²) in [7, 11) is 1.48. The van der Waals surface area contributed by atoms with E-state index in [0.29, 0.717) is 32.0 Å². The number of anilines is 1. The number of hydrogen-bond donors (Lipinski definition) is 0. The summed E-state index contributed by atoms with van der Waals surface area (Å²) in [5.74, 6) is 0.291. The van der Waals surface area contributed by atoms with Crippen LogP contribution in [-0.4, -0.2) is 60.6 Å². The first-order chi connectivity index (χ1) is 9.63. The fraction of sp³-hybridized carbons (Fsp3) is 0.500. The normalized spacial score (nSPS) is 15.2.